The van der Waals surface area contributed by atoms with Gasteiger partial charge in [-0.1, -0.05) is 35.3 Å². The third kappa shape index (κ3) is 4.71. The van der Waals surface area contributed by atoms with Crippen molar-refractivity contribution >= 4 is 34.9 Å². The van der Waals surface area contributed by atoms with Gasteiger partial charge in [0.2, 0.25) is 5.91 Å². The number of benzene rings is 1. The molecule has 0 aliphatic carbocycles. The molecular weight excluding hydrogens is 411 g/mol. The van der Waals surface area contributed by atoms with Gasteiger partial charge < -0.3 is 14.2 Å². The van der Waals surface area contributed by atoms with Crippen LogP contribution in [0, 0.1) is 0 Å². The van der Waals surface area contributed by atoms with Crippen LogP contribution in [0.1, 0.15) is 12.3 Å². The van der Waals surface area contributed by atoms with Crippen LogP contribution in [0.5, 0.6) is 0 Å². The van der Waals surface area contributed by atoms with E-state index >= 15 is 0 Å². The smallest absolute Gasteiger partial charge is 0.223 e. The minimum Gasteiger partial charge on any atom is -0.441 e. The van der Waals surface area contributed by atoms with Crippen molar-refractivity contribution in [1.29, 1.82) is 0 Å². The van der Waals surface area contributed by atoms with Crippen molar-refractivity contribution in [3.63, 3.8) is 0 Å². The van der Waals surface area contributed by atoms with Gasteiger partial charge in [0.25, 0.3) is 0 Å². The molecular formula is C21H20Cl2N4O2. The van der Waals surface area contributed by atoms with Crippen LogP contribution < -0.4 is 4.90 Å². The van der Waals surface area contributed by atoms with E-state index in [1.807, 2.05) is 41.3 Å². The Balaban J connectivity index is 1.29. The first-order valence-electron chi connectivity index (χ1n) is 9.44. The second-order valence-corrected chi connectivity index (χ2v) is 7.64. The van der Waals surface area contributed by atoms with E-state index < -0.39 is 0 Å². The first-order valence-corrected chi connectivity index (χ1v) is 10.2. The highest BCUT2D eigenvalue weighted by Gasteiger charge is 2.22. The van der Waals surface area contributed by atoms with E-state index in [-0.39, 0.29) is 5.91 Å². The largest absolute Gasteiger partial charge is 0.441 e. The highest BCUT2D eigenvalue weighted by Crippen LogP contribution is 2.28. The molecule has 3 heterocycles. The van der Waals surface area contributed by atoms with E-state index in [2.05, 4.69) is 14.9 Å². The molecule has 1 aliphatic heterocycles. The molecule has 8 heteroatoms. The number of aryl methyl sites for hydroxylation is 1. The molecule has 1 aromatic carbocycles. The van der Waals surface area contributed by atoms with Crippen LogP contribution in [0.4, 0.5) is 5.82 Å². The van der Waals surface area contributed by atoms with Crippen LogP contribution >= 0.6 is 23.2 Å². The number of nitrogens with zero attached hydrogens (tertiary/aromatic N) is 4. The summed E-state index contributed by atoms with van der Waals surface area (Å²) in [4.78, 5) is 25.2. The van der Waals surface area contributed by atoms with Crippen LogP contribution in [0.2, 0.25) is 10.0 Å². The van der Waals surface area contributed by atoms with Gasteiger partial charge in [-0.05, 0) is 24.3 Å². The number of hydrogen-bond acceptors (Lipinski definition) is 5. The normalized spacial score (nSPS) is 14.3. The van der Waals surface area contributed by atoms with E-state index in [1.165, 1.54) is 0 Å². The SMILES string of the molecule is O=C(CCc1ncc(-c2ccccc2Cl)o1)N1CCN(c2ccc(Cl)cn2)CC1. The summed E-state index contributed by atoms with van der Waals surface area (Å²) >= 11 is 12.1. The van der Waals surface area contributed by atoms with Gasteiger partial charge in [0.15, 0.2) is 11.7 Å². The molecule has 0 radical (unpaired) electrons. The summed E-state index contributed by atoms with van der Waals surface area (Å²) in [5.41, 5.74) is 0.797. The van der Waals surface area contributed by atoms with Gasteiger partial charge in [-0.3, -0.25) is 4.79 Å². The highest BCUT2D eigenvalue weighted by atomic mass is 35.5. The summed E-state index contributed by atoms with van der Waals surface area (Å²) in [6.07, 6.45) is 4.12. The Morgan fingerprint density at radius 1 is 1.00 bits per heavy atom. The Morgan fingerprint density at radius 3 is 2.52 bits per heavy atom. The van der Waals surface area contributed by atoms with Gasteiger partial charge in [0.05, 0.1) is 16.2 Å². The molecule has 0 unspecified atom stereocenters. The van der Waals surface area contributed by atoms with E-state index in [9.17, 15) is 4.79 Å². The summed E-state index contributed by atoms with van der Waals surface area (Å²) in [5, 5.41) is 1.23. The molecule has 2 aromatic heterocycles. The Hall–Kier alpha value is -2.57. The average molecular weight is 431 g/mol. The number of piperazine rings is 1. The summed E-state index contributed by atoms with van der Waals surface area (Å²) in [6, 6.07) is 11.2. The maximum absolute atomic E-state index is 12.6. The van der Waals surface area contributed by atoms with Crippen LogP contribution in [0.3, 0.4) is 0 Å². The van der Waals surface area contributed by atoms with Crippen LogP contribution in [0.25, 0.3) is 11.3 Å². The van der Waals surface area contributed by atoms with Gasteiger partial charge in [-0.2, -0.15) is 0 Å². The highest BCUT2D eigenvalue weighted by molar-refractivity contribution is 6.33. The third-order valence-corrected chi connectivity index (χ3v) is 5.47. The second-order valence-electron chi connectivity index (χ2n) is 6.80. The van der Waals surface area contributed by atoms with Gasteiger partial charge in [-0.15, -0.1) is 0 Å². The molecule has 0 saturated carbocycles. The van der Waals surface area contributed by atoms with Crippen LogP contribution in [-0.4, -0.2) is 47.0 Å². The first-order chi connectivity index (χ1) is 14.1. The van der Waals surface area contributed by atoms with Crippen molar-refractivity contribution in [3.05, 3.63) is 64.7 Å². The van der Waals surface area contributed by atoms with E-state index in [0.29, 0.717) is 47.6 Å². The zero-order valence-electron chi connectivity index (χ0n) is 15.7. The quantitative estimate of drug-likeness (QED) is 0.602. The predicted octanol–water partition coefficient (Wildman–Crippen LogP) is 4.32. The number of pyridine rings is 1. The average Bonchev–Trinajstić information content (AvgIpc) is 3.22. The molecule has 1 amide bonds. The summed E-state index contributed by atoms with van der Waals surface area (Å²) in [5.74, 6) is 2.14. The van der Waals surface area contributed by atoms with Gasteiger partial charge in [0.1, 0.15) is 5.82 Å². The molecule has 0 bridgehead atoms. The van der Waals surface area contributed by atoms with Crippen LogP contribution in [-0.2, 0) is 11.2 Å². The molecule has 0 N–H and O–H groups in total. The molecule has 1 aliphatic rings. The standard InChI is InChI=1S/C21H20Cl2N4O2/c22-15-5-6-19(24-13-15)26-9-11-27(12-10-26)21(28)8-7-20-25-14-18(29-20)16-3-1-2-4-17(16)23/h1-6,13-14H,7-12H2. The van der Waals surface area contributed by atoms with Crippen molar-refractivity contribution in [2.24, 2.45) is 0 Å². The lowest BCUT2D eigenvalue weighted by molar-refractivity contribution is -0.131. The Bertz CT molecular complexity index is 982. The Morgan fingerprint density at radius 2 is 1.79 bits per heavy atom. The van der Waals surface area contributed by atoms with Crippen molar-refractivity contribution in [2.45, 2.75) is 12.8 Å². The van der Waals surface area contributed by atoms with Crippen molar-refractivity contribution in [1.82, 2.24) is 14.9 Å². The summed E-state index contributed by atoms with van der Waals surface area (Å²) in [7, 11) is 0. The van der Waals surface area contributed by atoms with Crippen molar-refractivity contribution < 1.29 is 9.21 Å². The van der Waals surface area contributed by atoms with Gasteiger partial charge >= 0.3 is 0 Å². The van der Waals surface area contributed by atoms with Crippen molar-refractivity contribution in [3.8, 4) is 11.3 Å². The number of amides is 1. The fraction of sp³-hybridized carbons (Fsp3) is 0.286. The molecule has 150 valence electrons. The summed E-state index contributed by atoms with van der Waals surface area (Å²) < 4.78 is 5.78. The maximum atomic E-state index is 12.6. The summed E-state index contributed by atoms with van der Waals surface area (Å²) in [6.45, 7) is 2.82. The molecule has 1 fully saturated rings. The van der Waals surface area contributed by atoms with Crippen LogP contribution in [0.15, 0.2) is 53.2 Å². The Labute approximate surface area is 179 Å². The number of rotatable bonds is 5. The topological polar surface area (TPSA) is 62.5 Å². The van der Waals surface area contributed by atoms with E-state index in [1.54, 1.807) is 12.4 Å². The number of hydrogen-bond donors (Lipinski definition) is 0. The molecule has 29 heavy (non-hydrogen) atoms. The van der Waals surface area contributed by atoms with Gasteiger partial charge in [-0.25, -0.2) is 9.97 Å². The lowest BCUT2D eigenvalue weighted by Crippen LogP contribution is -2.49. The molecule has 3 aromatic rings. The third-order valence-electron chi connectivity index (χ3n) is 4.91. The van der Waals surface area contributed by atoms with E-state index in [4.69, 9.17) is 27.6 Å². The zero-order chi connectivity index (χ0) is 20.2. The number of aromatic nitrogens is 2. The monoisotopic (exact) mass is 430 g/mol. The predicted molar refractivity (Wildman–Crippen MR) is 113 cm³/mol. The Kier molecular flexibility index (Phi) is 6.02. The number of carbonyl (C=O) groups excluding carboxylic acids is 1. The molecule has 4 rings (SSSR count). The fourth-order valence-corrected chi connectivity index (χ4v) is 3.66. The molecule has 6 nitrogen and oxygen atoms in total. The lowest BCUT2D eigenvalue weighted by atomic mass is 10.2. The zero-order valence-corrected chi connectivity index (χ0v) is 17.2. The number of carbonyl (C=O) groups is 1. The number of halogens is 2. The minimum absolute atomic E-state index is 0.103. The van der Waals surface area contributed by atoms with E-state index in [0.717, 1.165) is 24.5 Å². The number of oxazole rings is 1. The lowest BCUT2D eigenvalue weighted by Gasteiger charge is -2.35. The molecule has 0 atom stereocenters. The minimum atomic E-state index is 0.103. The molecule has 0 spiro atoms. The first kappa shape index (κ1) is 19.7. The molecule has 1 saturated heterocycles. The van der Waals surface area contributed by atoms with Gasteiger partial charge in [0, 0.05) is 50.8 Å². The second kappa shape index (κ2) is 8.84. The van der Waals surface area contributed by atoms with Crippen molar-refractivity contribution in [2.75, 3.05) is 31.1 Å². The fourth-order valence-electron chi connectivity index (χ4n) is 3.32. The number of anilines is 1. The maximum Gasteiger partial charge on any atom is 0.223 e.